The third-order valence-corrected chi connectivity index (χ3v) is 3.18. The SMILES string of the molecule is O=C(c1csc(Br)c1)c1ccc[nH]1. The van der Waals surface area contributed by atoms with Crippen molar-refractivity contribution in [3.8, 4) is 0 Å². The fourth-order valence-electron chi connectivity index (χ4n) is 1.06. The van der Waals surface area contributed by atoms with E-state index in [1.54, 1.807) is 12.3 Å². The van der Waals surface area contributed by atoms with E-state index in [4.69, 9.17) is 0 Å². The molecule has 0 fully saturated rings. The highest BCUT2D eigenvalue weighted by Gasteiger charge is 2.10. The van der Waals surface area contributed by atoms with Crippen LogP contribution in [0.4, 0.5) is 0 Å². The van der Waals surface area contributed by atoms with E-state index in [2.05, 4.69) is 20.9 Å². The molecular formula is C9H6BrNOS. The van der Waals surface area contributed by atoms with Crippen LogP contribution in [0, 0.1) is 0 Å². The average molecular weight is 256 g/mol. The van der Waals surface area contributed by atoms with Gasteiger partial charge in [-0.25, -0.2) is 0 Å². The molecule has 0 aliphatic carbocycles. The number of hydrogen-bond acceptors (Lipinski definition) is 2. The van der Waals surface area contributed by atoms with Crippen LogP contribution in [0.2, 0.25) is 0 Å². The molecule has 2 rings (SSSR count). The summed E-state index contributed by atoms with van der Waals surface area (Å²) in [6, 6.07) is 5.41. The predicted molar refractivity (Wildman–Crippen MR) is 56.2 cm³/mol. The van der Waals surface area contributed by atoms with Gasteiger partial charge in [-0.1, -0.05) is 0 Å². The molecule has 0 bridgehead atoms. The quantitative estimate of drug-likeness (QED) is 0.823. The van der Waals surface area contributed by atoms with E-state index in [9.17, 15) is 4.79 Å². The van der Waals surface area contributed by atoms with E-state index in [1.807, 2.05) is 17.5 Å². The number of halogens is 1. The van der Waals surface area contributed by atoms with Gasteiger partial charge in [0.1, 0.15) is 0 Å². The Morgan fingerprint density at radius 3 is 2.92 bits per heavy atom. The van der Waals surface area contributed by atoms with Gasteiger partial charge in [0, 0.05) is 17.1 Å². The molecule has 0 radical (unpaired) electrons. The summed E-state index contributed by atoms with van der Waals surface area (Å²) < 4.78 is 0.974. The zero-order valence-electron chi connectivity index (χ0n) is 6.58. The third kappa shape index (κ3) is 1.73. The summed E-state index contributed by atoms with van der Waals surface area (Å²) in [6.45, 7) is 0. The summed E-state index contributed by atoms with van der Waals surface area (Å²) in [6.07, 6.45) is 1.74. The first-order valence-corrected chi connectivity index (χ1v) is 5.37. The van der Waals surface area contributed by atoms with Crippen molar-refractivity contribution in [1.29, 1.82) is 0 Å². The van der Waals surface area contributed by atoms with Crippen LogP contribution in [-0.2, 0) is 0 Å². The first-order valence-electron chi connectivity index (χ1n) is 3.69. The van der Waals surface area contributed by atoms with Crippen molar-refractivity contribution < 1.29 is 4.79 Å². The molecule has 4 heteroatoms. The van der Waals surface area contributed by atoms with Crippen LogP contribution in [-0.4, -0.2) is 10.8 Å². The Morgan fingerprint density at radius 1 is 1.54 bits per heavy atom. The molecule has 0 aromatic carbocycles. The minimum atomic E-state index is 0.0342. The van der Waals surface area contributed by atoms with Crippen molar-refractivity contribution in [1.82, 2.24) is 4.98 Å². The van der Waals surface area contributed by atoms with Gasteiger partial charge >= 0.3 is 0 Å². The lowest BCUT2D eigenvalue weighted by Gasteiger charge is -1.91. The number of thiophene rings is 1. The van der Waals surface area contributed by atoms with Gasteiger partial charge in [0.2, 0.25) is 5.78 Å². The second-order valence-electron chi connectivity index (χ2n) is 2.55. The maximum atomic E-state index is 11.7. The van der Waals surface area contributed by atoms with Gasteiger partial charge in [-0.2, -0.15) is 0 Å². The molecule has 0 saturated heterocycles. The van der Waals surface area contributed by atoms with Gasteiger partial charge < -0.3 is 4.98 Å². The van der Waals surface area contributed by atoms with Crippen LogP contribution in [0.3, 0.4) is 0 Å². The first kappa shape index (κ1) is 8.72. The Hall–Kier alpha value is -0.870. The number of carbonyl (C=O) groups excluding carboxylic acids is 1. The van der Waals surface area contributed by atoms with Gasteiger partial charge in [-0.3, -0.25) is 4.79 Å². The number of rotatable bonds is 2. The lowest BCUT2D eigenvalue weighted by molar-refractivity contribution is 0.103. The Balaban J connectivity index is 2.33. The van der Waals surface area contributed by atoms with Crippen molar-refractivity contribution in [2.45, 2.75) is 0 Å². The Labute approximate surface area is 87.7 Å². The molecule has 2 nitrogen and oxygen atoms in total. The van der Waals surface area contributed by atoms with Crippen molar-refractivity contribution >= 4 is 33.0 Å². The molecule has 0 aliphatic heterocycles. The van der Waals surface area contributed by atoms with Gasteiger partial charge in [0.05, 0.1) is 9.48 Å². The second-order valence-corrected chi connectivity index (χ2v) is 4.84. The molecular weight excluding hydrogens is 250 g/mol. The summed E-state index contributed by atoms with van der Waals surface area (Å²) in [5.41, 5.74) is 1.35. The minimum absolute atomic E-state index is 0.0342. The number of H-pyrrole nitrogens is 1. The number of carbonyl (C=O) groups is 1. The molecule has 0 atom stereocenters. The van der Waals surface area contributed by atoms with Crippen molar-refractivity contribution in [2.75, 3.05) is 0 Å². The van der Waals surface area contributed by atoms with Crippen molar-refractivity contribution in [2.24, 2.45) is 0 Å². The summed E-state index contributed by atoms with van der Waals surface area (Å²) in [5, 5.41) is 1.84. The fraction of sp³-hybridized carbons (Fsp3) is 0. The maximum Gasteiger partial charge on any atom is 0.210 e. The van der Waals surface area contributed by atoms with E-state index in [0.717, 1.165) is 9.35 Å². The molecule has 13 heavy (non-hydrogen) atoms. The van der Waals surface area contributed by atoms with Crippen LogP contribution in [0.25, 0.3) is 0 Å². The fourth-order valence-corrected chi connectivity index (χ4v) is 2.19. The smallest absolute Gasteiger partial charge is 0.210 e. The standard InChI is InChI=1S/C9H6BrNOS/c10-8-4-6(5-13-8)9(12)7-2-1-3-11-7/h1-5,11H. The van der Waals surface area contributed by atoms with Gasteiger partial charge in [-0.05, 0) is 34.1 Å². The highest BCUT2D eigenvalue weighted by molar-refractivity contribution is 9.11. The zero-order chi connectivity index (χ0) is 9.26. The van der Waals surface area contributed by atoms with E-state index < -0.39 is 0 Å². The van der Waals surface area contributed by atoms with Crippen LogP contribution < -0.4 is 0 Å². The molecule has 2 heterocycles. The Bertz CT molecular complexity index is 419. The minimum Gasteiger partial charge on any atom is -0.359 e. The van der Waals surface area contributed by atoms with Crippen LogP contribution in [0.15, 0.2) is 33.6 Å². The van der Waals surface area contributed by atoms with E-state index in [1.165, 1.54) is 11.3 Å². The molecule has 2 aromatic heterocycles. The number of nitrogens with one attached hydrogen (secondary N) is 1. The number of ketones is 1. The van der Waals surface area contributed by atoms with Crippen LogP contribution >= 0.6 is 27.3 Å². The monoisotopic (exact) mass is 255 g/mol. The van der Waals surface area contributed by atoms with Gasteiger partial charge in [0.15, 0.2) is 0 Å². The lowest BCUT2D eigenvalue weighted by Crippen LogP contribution is -1.98. The summed E-state index contributed by atoms with van der Waals surface area (Å²) in [7, 11) is 0. The molecule has 1 N–H and O–H groups in total. The number of aromatic nitrogens is 1. The zero-order valence-corrected chi connectivity index (χ0v) is 8.98. The van der Waals surface area contributed by atoms with E-state index >= 15 is 0 Å². The normalized spacial score (nSPS) is 10.2. The molecule has 0 aliphatic rings. The summed E-state index contributed by atoms with van der Waals surface area (Å²) in [5.74, 6) is 0.0342. The molecule has 0 unspecified atom stereocenters. The summed E-state index contributed by atoms with van der Waals surface area (Å²) in [4.78, 5) is 14.6. The van der Waals surface area contributed by atoms with Gasteiger partial charge in [0.25, 0.3) is 0 Å². The van der Waals surface area contributed by atoms with E-state index in [0.29, 0.717) is 5.69 Å². The second kappa shape index (κ2) is 3.47. The average Bonchev–Trinajstić information content (AvgIpc) is 2.72. The molecule has 0 saturated carbocycles. The van der Waals surface area contributed by atoms with Crippen LogP contribution in [0.5, 0.6) is 0 Å². The van der Waals surface area contributed by atoms with E-state index in [-0.39, 0.29) is 5.78 Å². The topological polar surface area (TPSA) is 32.9 Å². The van der Waals surface area contributed by atoms with Crippen molar-refractivity contribution in [3.05, 3.63) is 44.8 Å². The van der Waals surface area contributed by atoms with Crippen molar-refractivity contribution in [3.63, 3.8) is 0 Å². The molecule has 2 aromatic rings. The van der Waals surface area contributed by atoms with Crippen LogP contribution in [0.1, 0.15) is 16.1 Å². The predicted octanol–water partition coefficient (Wildman–Crippen LogP) is 3.07. The largest absolute Gasteiger partial charge is 0.359 e. The van der Waals surface area contributed by atoms with Gasteiger partial charge in [-0.15, -0.1) is 11.3 Å². The third-order valence-electron chi connectivity index (χ3n) is 1.67. The number of hydrogen-bond donors (Lipinski definition) is 1. The Morgan fingerprint density at radius 2 is 2.38 bits per heavy atom. The Kier molecular flexibility index (Phi) is 2.33. The first-order chi connectivity index (χ1) is 6.27. The molecule has 66 valence electrons. The molecule has 0 amide bonds. The summed E-state index contributed by atoms with van der Waals surface area (Å²) >= 11 is 4.83. The maximum absolute atomic E-state index is 11.7. The number of aromatic amines is 1. The lowest BCUT2D eigenvalue weighted by atomic mass is 10.2. The highest BCUT2D eigenvalue weighted by atomic mass is 79.9. The highest BCUT2D eigenvalue weighted by Crippen LogP contribution is 2.22. The molecule has 0 spiro atoms.